The van der Waals surface area contributed by atoms with Crippen LogP contribution in [0.4, 0.5) is 4.39 Å². The molecule has 1 rings (SSSR count). The topological polar surface area (TPSA) is 43.4 Å². The largest absolute Gasteiger partial charge is 0.492 e. The van der Waals surface area contributed by atoms with Crippen molar-refractivity contribution in [2.24, 2.45) is 0 Å². The van der Waals surface area contributed by atoms with Crippen molar-refractivity contribution < 1.29 is 17.5 Å². The van der Waals surface area contributed by atoms with Crippen LogP contribution >= 0.6 is 31.5 Å². The molecule has 0 bridgehead atoms. The highest BCUT2D eigenvalue weighted by molar-refractivity contribution is 8.17. The summed E-state index contributed by atoms with van der Waals surface area (Å²) in [5.74, 6) is -0.0258. The fourth-order valence-corrected chi connectivity index (χ4v) is 3.73. The molecular formula is C12H16Cl2FO3PS. The summed E-state index contributed by atoms with van der Waals surface area (Å²) in [6, 6.07) is 0. The molecule has 0 N–H and O–H groups in total. The van der Waals surface area contributed by atoms with Gasteiger partial charge < -0.3 is 4.74 Å². The molecule has 0 saturated carbocycles. The van der Waals surface area contributed by atoms with E-state index in [-0.39, 0.29) is 35.1 Å². The van der Waals surface area contributed by atoms with Gasteiger partial charge in [0.1, 0.15) is 10.7 Å². The zero-order valence-electron chi connectivity index (χ0n) is 11.0. The third-order valence-electron chi connectivity index (χ3n) is 2.97. The van der Waals surface area contributed by atoms with Gasteiger partial charge in [-0.05, 0) is 18.1 Å². The van der Waals surface area contributed by atoms with Crippen molar-refractivity contribution in [2.75, 3.05) is 12.5 Å². The van der Waals surface area contributed by atoms with Crippen LogP contribution in [0.25, 0.3) is 0 Å². The van der Waals surface area contributed by atoms with Gasteiger partial charge in [-0.1, -0.05) is 22.7 Å². The molecule has 0 radical (unpaired) electrons. The first kappa shape index (κ1) is 18.0. The van der Waals surface area contributed by atoms with Crippen molar-refractivity contribution in [1.29, 1.82) is 0 Å². The summed E-state index contributed by atoms with van der Waals surface area (Å²) in [5.41, 5.74) is 0.698. The maximum Gasteiger partial charge on any atom is 0.264 e. The van der Waals surface area contributed by atoms with Crippen LogP contribution in [-0.2, 0) is 13.8 Å². The van der Waals surface area contributed by atoms with E-state index in [1.807, 2.05) is 0 Å². The molecule has 1 aliphatic heterocycles. The first-order chi connectivity index (χ1) is 9.19. The first-order valence-electron chi connectivity index (χ1n) is 5.89. The second kappa shape index (κ2) is 6.78. The highest BCUT2D eigenvalue weighted by Crippen LogP contribution is 2.46. The third-order valence-corrected chi connectivity index (χ3v) is 5.24. The van der Waals surface area contributed by atoms with Gasteiger partial charge in [-0.3, -0.25) is 0 Å². The van der Waals surface area contributed by atoms with E-state index in [2.05, 4.69) is 15.8 Å². The average Bonchev–Trinajstić information content (AvgIpc) is 2.32. The molecule has 0 aromatic rings. The van der Waals surface area contributed by atoms with E-state index in [0.717, 1.165) is 6.08 Å². The Kier molecular flexibility index (Phi) is 6.09. The van der Waals surface area contributed by atoms with Gasteiger partial charge >= 0.3 is 0 Å². The summed E-state index contributed by atoms with van der Waals surface area (Å²) in [6.07, 6.45) is 1.60. The maximum absolute atomic E-state index is 14.8. The Labute approximate surface area is 130 Å². The van der Waals surface area contributed by atoms with E-state index in [4.69, 9.17) is 27.0 Å². The smallest absolute Gasteiger partial charge is 0.264 e. The molecule has 20 heavy (non-hydrogen) atoms. The fraction of sp³-hybridized carbons (Fsp3) is 0.500. The van der Waals surface area contributed by atoms with Gasteiger partial charge in [0.2, 0.25) is 0 Å². The number of hydrogen-bond acceptors (Lipinski definition) is 3. The Balaban J connectivity index is 3.70. The Bertz CT molecular complexity index is 561. The van der Waals surface area contributed by atoms with Crippen molar-refractivity contribution >= 4 is 40.6 Å². The van der Waals surface area contributed by atoms with E-state index in [9.17, 15) is 12.8 Å². The van der Waals surface area contributed by atoms with E-state index < -0.39 is 14.5 Å². The summed E-state index contributed by atoms with van der Waals surface area (Å²) in [5, 5.41) is -1.80. The predicted octanol–water partition coefficient (Wildman–Crippen LogP) is 3.86. The van der Waals surface area contributed by atoms with E-state index in [0.29, 0.717) is 12.0 Å². The molecule has 1 aliphatic rings. The SMILES string of the molecule is C=C/C(=C1/OCCC(F)(P)/C1=C(/CC)CCl)S(=O)(=O)Cl. The minimum absolute atomic E-state index is 0.0435. The zero-order valence-corrected chi connectivity index (χ0v) is 14.4. The lowest BCUT2D eigenvalue weighted by atomic mass is 9.95. The van der Waals surface area contributed by atoms with E-state index in [1.54, 1.807) is 6.92 Å². The molecule has 0 aromatic carbocycles. The monoisotopic (exact) mass is 360 g/mol. The predicted molar refractivity (Wildman–Crippen MR) is 84.2 cm³/mol. The molecule has 2 unspecified atom stereocenters. The normalized spacial score (nSPS) is 28.6. The third kappa shape index (κ3) is 3.76. The summed E-state index contributed by atoms with van der Waals surface area (Å²) < 4.78 is 43.3. The summed E-state index contributed by atoms with van der Waals surface area (Å²) in [4.78, 5) is -0.339. The van der Waals surface area contributed by atoms with Crippen LogP contribution in [0.15, 0.2) is 34.5 Å². The number of alkyl halides is 2. The molecule has 3 nitrogen and oxygen atoms in total. The van der Waals surface area contributed by atoms with E-state index >= 15 is 0 Å². The molecule has 0 amide bonds. The number of ether oxygens (including phenoxy) is 1. The Morgan fingerprint density at radius 1 is 1.65 bits per heavy atom. The van der Waals surface area contributed by atoms with Crippen molar-refractivity contribution in [3.63, 3.8) is 0 Å². The van der Waals surface area contributed by atoms with Crippen molar-refractivity contribution in [1.82, 2.24) is 0 Å². The van der Waals surface area contributed by atoms with Crippen LogP contribution in [0.2, 0.25) is 0 Å². The molecule has 1 fully saturated rings. The molecule has 1 heterocycles. The summed E-state index contributed by atoms with van der Waals surface area (Å²) in [7, 11) is 3.36. The number of rotatable bonds is 4. The van der Waals surface area contributed by atoms with Gasteiger partial charge in [0, 0.05) is 28.6 Å². The lowest BCUT2D eigenvalue weighted by molar-refractivity contribution is 0.131. The molecule has 0 aromatic heterocycles. The van der Waals surface area contributed by atoms with Crippen LogP contribution in [0.5, 0.6) is 0 Å². The van der Waals surface area contributed by atoms with Crippen molar-refractivity contribution in [3.05, 3.63) is 34.5 Å². The van der Waals surface area contributed by atoms with Crippen LogP contribution in [0, 0.1) is 0 Å². The zero-order chi connectivity index (χ0) is 15.6. The molecule has 0 spiro atoms. The molecule has 2 atom stereocenters. The first-order valence-corrected chi connectivity index (χ1v) is 9.32. The van der Waals surface area contributed by atoms with Crippen LogP contribution < -0.4 is 0 Å². The fourth-order valence-electron chi connectivity index (χ4n) is 1.98. The van der Waals surface area contributed by atoms with Gasteiger partial charge in [-0.15, -0.1) is 11.6 Å². The summed E-state index contributed by atoms with van der Waals surface area (Å²) >= 11 is 5.84. The van der Waals surface area contributed by atoms with Gasteiger partial charge in [0.05, 0.1) is 6.61 Å². The van der Waals surface area contributed by atoms with Crippen LogP contribution in [0.1, 0.15) is 19.8 Å². The number of halogens is 3. The van der Waals surface area contributed by atoms with Crippen molar-refractivity contribution in [3.8, 4) is 0 Å². The highest BCUT2D eigenvalue weighted by atomic mass is 35.7. The quantitative estimate of drug-likeness (QED) is 0.434. The van der Waals surface area contributed by atoms with Crippen molar-refractivity contribution in [2.45, 2.75) is 25.2 Å². The number of hydrogen-bond donors (Lipinski definition) is 0. The van der Waals surface area contributed by atoms with Gasteiger partial charge in [-0.2, -0.15) is 0 Å². The Morgan fingerprint density at radius 3 is 2.65 bits per heavy atom. The molecule has 0 aliphatic carbocycles. The van der Waals surface area contributed by atoms with Gasteiger partial charge in [0.15, 0.2) is 5.41 Å². The van der Waals surface area contributed by atoms with Crippen LogP contribution in [0.3, 0.4) is 0 Å². The Hall–Kier alpha value is -0.0900. The minimum Gasteiger partial charge on any atom is -0.492 e. The van der Waals surface area contributed by atoms with Crippen LogP contribution in [-0.4, -0.2) is 26.3 Å². The second-order valence-electron chi connectivity index (χ2n) is 4.26. The second-order valence-corrected chi connectivity index (χ2v) is 7.98. The number of allylic oxidation sites excluding steroid dienone is 3. The lowest BCUT2D eigenvalue weighted by Gasteiger charge is -2.33. The summed E-state index contributed by atoms with van der Waals surface area (Å²) in [6.45, 7) is 5.26. The average molecular weight is 361 g/mol. The van der Waals surface area contributed by atoms with Gasteiger partial charge in [0.25, 0.3) is 9.05 Å². The molecular weight excluding hydrogens is 345 g/mol. The lowest BCUT2D eigenvalue weighted by Crippen LogP contribution is -2.30. The highest BCUT2D eigenvalue weighted by Gasteiger charge is 2.40. The van der Waals surface area contributed by atoms with E-state index in [1.165, 1.54) is 0 Å². The molecule has 8 heteroatoms. The van der Waals surface area contributed by atoms with Gasteiger partial charge in [-0.25, -0.2) is 12.8 Å². The Morgan fingerprint density at radius 2 is 2.25 bits per heavy atom. The molecule has 114 valence electrons. The minimum atomic E-state index is -4.09. The molecule has 1 saturated heterocycles. The standard InChI is InChI=1S/C12H16Cl2FO3PS/c1-3-8(7-13)10-11(9(4-2)20(14,16)17)18-6-5-12(10,15)19/h4H,2-3,5-7,19H2,1H3/b10-8-,11-9-. The maximum atomic E-state index is 14.8.